The Bertz CT molecular complexity index is 821. The second-order valence-corrected chi connectivity index (χ2v) is 7.25. The molecule has 2 atom stereocenters. The van der Waals surface area contributed by atoms with Gasteiger partial charge in [0.2, 0.25) is 11.8 Å². The maximum absolute atomic E-state index is 12.5. The Kier molecular flexibility index (Phi) is 4.45. The third-order valence-electron chi connectivity index (χ3n) is 5.65. The first kappa shape index (κ1) is 16.8. The van der Waals surface area contributed by atoms with Crippen molar-refractivity contribution >= 4 is 11.8 Å². The maximum atomic E-state index is 12.5. The molecule has 5 nitrogen and oxygen atoms in total. The van der Waals surface area contributed by atoms with Crippen LogP contribution >= 0.6 is 0 Å². The molecular weight excluding hydrogens is 326 g/mol. The minimum absolute atomic E-state index is 0.0588. The number of pyridine rings is 1. The van der Waals surface area contributed by atoms with Crippen LogP contribution in [0.15, 0.2) is 48.8 Å². The summed E-state index contributed by atoms with van der Waals surface area (Å²) in [4.78, 5) is 28.4. The van der Waals surface area contributed by atoms with Crippen LogP contribution in [0.4, 0.5) is 0 Å². The molecule has 2 aliphatic rings. The molecule has 2 amide bonds. The van der Waals surface area contributed by atoms with Crippen molar-refractivity contribution < 1.29 is 9.59 Å². The zero-order valence-electron chi connectivity index (χ0n) is 14.7. The molecule has 1 aromatic carbocycles. The summed E-state index contributed by atoms with van der Waals surface area (Å²) < 4.78 is 0. The van der Waals surface area contributed by atoms with E-state index in [1.54, 1.807) is 12.4 Å². The third kappa shape index (κ3) is 3.21. The topological polar surface area (TPSA) is 71.1 Å². The van der Waals surface area contributed by atoms with Gasteiger partial charge in [0, 0.05) is 43.2 Å². The zero-order valence-corrected chi connectivity index (χ0v) is 14.7. The average molecular weight is 349 g/mol. The van der Waals surface area contributed by atoms with Crippen molar-refractivity contribution in [2.24, 2.45) is 5.92 Å². The maximum Gasteiger partial charge on any atom is 0.224 e. The minimum atomic E-state index is -0.0640. The fourth-order valence-corrected chi connectivity index (χ4v) is 4.15. The number of carbonyl (C=O) groups excluding carboxylic acids is 2. The van der Waals surface area contributed by atoms with Crippen molar-refractivity contribution in [3.8, 4) is 0 Å². The summed E-state index contributed by atoms with van der Waals surface area (Å²) in [5.41, 5.74) is 3.76. The molecule has 26 heavy (non-hydrogen) atoms. The molecule has 1 spiro atoms. The van der Waals surface area contributed by atoms with Gasteiger partial charge in [-0.3, -0.25) is 14.6 Å². The molecule has 1 heterocycles. The van der Waals surface area contributed by atoms with Gasteiger partial charge in [-0.05, 0) is 42.0 Å². The van der Waals surface area contributed by atoms with Gasteiger partial charge in [0.25, 0.3) is 0 Å². The molecule has 0 unspecified atom stereocenters. The van der Waals surface area contributed by atoms with Crippen LogP contribution in [-0.4, -0.2) is 23.3 Å². The first-order valence-corrected chi connectivity index (χ1v) is 9.21. The first-order valence-electron chi connectivity index (χ1n) is 9.21. The van der Waals surface area contributed by atoms with Gasteiger partial charge in [-0.15, -0.1) is 0 Å². The van der Waals surface area contributed by atoms with Gasteiger partial charge in [0.05, 0.1) is 0 Å². The van der Waals surface area contributed by atoms with Crippen LogP contribution in [0.5, 0.6) is 0 Å². The van der Waals surface area contributed by atoms with Crippen molar-refractivity contribution in [2.75, 3.05) is 6.54 Å². The minimum Gasteiger partial charge on any atom is -0.355 e. The Hall–Kier alpha value is -2.69. The third-order valence-corrected chi connectivity index (χ3v) is 5.65. The van der Waals surface area contributed by atoms with Gasteiger partial charge in [-0.2, -0.15) is 0 Å². The van der Waals surface area contributed by atoms with Gasteiger partial charge < -0.3 is 10.6 Å². The van der Waals surface area contributed by atoms with E-state index in [-0.39, 0.29) is 23.1 Å². The highest BCUT2D eigenvalue weighted by Crippen LogP contribution is 2.61. The van der Waals surface area contributed by atoms with Crippen LogP contribution in [-0.2, 0) is 28.0 Å². The van der Waals surface area contributed by atoms with Crippen LogP contribution in [0.3, 0.4) is 0 Å². The van der Waals surface area contributed by atoms with E-state index < -0.39 is 0 Å². The quantitative estimate of drug-likeness (QED) is 0.839. The molecule has 0 saturated heterocycles. The number of nitrogens with one attached hydrogen (secondary N) is 2. The molecule has 134 valence electrons. The Labute approximate surface area is 153 Å². The zero-order chi connectivity index (χ0) is 18.0. The van der Waals surface area contributed by atoms with E-state index in [2.05, 4.69) is 39.9 Å². The van der Waals surface area contributed by atoms with Gasteiger partial charge in [-0.25, -0.2) is 0 Å². The van der Waals surface area contributed by atoms with Crippen molar-refractivity contribution in [1.82, 2.24) is 15.6 Å². The lowest BCUT2D eigenvalue weighted by molar-refractivity contribution is -0.123. The van der Waals surface area contributed by atoms with Gasteiger partial charge >= 0.3 is 0 Å². The van der Waals surface area contributed by atoms with Crippen molar-refractivity contribution in [3.63, 3.8) is 0 Å². The van der Waals surface area contributed by atoms with E-state index in [1.807, 2.05) is 12.1 Å². The molecular formula is C21H23N3O2. The number of aromatic nitrogens is 1. The van der Waals surface area contributed by atoms with E-state index in [4.69, 9.17) is 0 Å². The molecule has 1 aromatic heterocycles. The average Bonchev–Trinajstić information content (AvgIpc) is 3.30. The second kappa shape index (κ2) is 6.90. The number of nitrogens with zero attached hydrogens (tertiary/aromatic N) is 1. The van der Waals surface area contributed by atoms with Crippen molar-refractivity contribution in [1.29, 1.82) is 0 Å². The Balaban J connectivity index is 1.22. The van der Waals surface area contributed by atoms with E-state index in [0.29, 0.717) is 19.5 Å². The molecule has 1 saturated carbocycles. The molecule has 0 aliphatic heterocycles. The molecule has 0 bridgehead atoms. The van der Waals surface area contributed by atoms with Crippen LogP contribution in [0.2, 0.25) is 0 Å². The predicted molar refractivity (Wildman–Crippen MR) is 98.3 cm³/mol. The Morgan fingerprint density at radius 3 is 2.88 bits per heavy atom. The van der Waals surface area contributed by atoms with Gasteiger partial charge in [0.1, 0.15) is 0 Å². The number of rotatable bonds is 6. The number of hydrogen-bond donors (Lipinski definition) is 2. The van der Waals surface area contributed by atoms with Gasteiger partial charge in [-0.1, -0.05) is 30.3 Å². The smallest absolute Gasteiger partial charge is 0.224 e. The number of amides is 2. The fourth-order valence-electron chi connectivity index (χ4n) is 4.15. The summed E-state index contributed by atoms with van der Waals surface area (Å²) in [5, 5.41) is 5.79. The largest absolute Gasteiger partial charge is 0.355 e. The number of carbonyl (C=O) groups is 2. The highest BCUT2D eigenvalue weighted by atomic mass is 16.2. The van der Waals surface area contributed by atoms with E-state index >= 15 is 0 Å². The fraction of sp³-hybridized carbons (Fsp3) is 0.381. The predicted octanol–water partition coefficient (Wildman–Crippen LogP) is 2.11. The highest BCUT2D eigenvalue weighted by Gasteiger charge is 2.61. The lowest BCUT2D eigenvalue weighted by Gasteiger charge is -2.12. The van der Waals surface area contributed by atoms with Crippen LogP contribution < -0.4 is 10.6 Å². The molecule has 2 aromatic rings. The summed E-state index contributed by atoms with van der Waals surface area (Å²) in [6.07, 6.45) is 6.79. The molecule has 2 aliphatic carbocycles. The summed E-state index contributed by atoms with van der Waals surface area (Å²) in [6.45, 7) is 0.842. The summed E-state index contributed by atoms with van der Waals surface area (Å²) in [7, 11) is 0. The highest BCUT2D eigenvalue weighted by molar-refractivity contribution is 5.85. The molecule has 2 N–H and O–H groups in total. The van der Waals surface area contributed by atoms with Crippen LogP contribution in [0, 0.1) is 5.92 Å². The van der Waals surface area contributed by atoms with Crippen LogP contribution in [0.1, 0.15) is 36.0 Å². The normalized spacial score (nSPS) is 22.7. The van der Waals surface area contributed by atoms with E-state index in [9.17, 15) is 9.59 Å². The lowest BCUT2D eigenvalue weighted by atomic mass is 9.95. The van der Waals surface area contributed by atoms with Crippen molar-refractivity contribution in [3.05, 3.63) is 65.5 Å². The Morgan fingerprint density at radius 2 is 2.04 bits per heavy atom. The van der Waals surface area contributed by atoms with Crippen LogP contribution in [0.25, 0.3) is 0 Å². The molecule has 4 rings (SSSR count). The van der Waals surface area contributed by atoms with Gasteiger partial charge in [0.15, 0.2) is 0 Å². The summed E-state index contributed by atoms with van der Waals surface area (Å²) in [6, 6.07) is 12.2. The second-order valence-electron chi connectivity index (χ2n) is 7.25. The summed E-state index contributed by atoms with van der Waals surface area (Å²) >= 11 is 0. The number of benzene rings is 1. The number of hydrogen-bond acceptors (Lipinski definition) is 3. The number of aryl methyl sites for hydroxylation is 1. The van der Waals surface area contributed by atoms with E-state index in [1.165, 1.54) is 11.1 Å². The van der Waals surface area contributed by atoms with E-state index in [0.717, 1.165) is 24.8 Å². The summed E-state index contributed by atoms with van der Waals surface area (Å²) in [5.74, 6) is 0.0808. The number of fused-ring (bicyclic) bond motifs is 2. The lowest BCUT2D eigenvalue weighted by Crippen LogP contribution is -2.32. The standard InChI is InChI=1S/C21H23N3O2/c25-19(24-14-15-4-3-10-22-13-15)8-11-23-20(26)18-12-21(18)9-7-16-5-1-2-6-17(16)21/h1-6,10,13,18H,7-9,11-12,14H2,(H,23,26)(H,24,25)/t18-,21+/m1/s1. The first-order chi connectivity index (χ1) is 12.7. The Morgan fingerprint density at radius 1 is 1.15 bits per heavy atom. The molecule has 1 fully saturated rings. The molecule has 0 radical (unpaired) electrons. The molecule has 5 heteroatoms. The monoisotopic (exact) mass is 349 g/mol. The van der Waals surface area contributed by atoms with Crippen molar-refractivity contribution in [2.45, 2.75) is 37.6 Å². The SMILES string of the molecule is O=C(CCNC(=O)[C@H]1C[C@]12CCc1ccccc12)NCc1cccnc1.